The van der Waals surface area contributed by atoms with Crippen molar-refractivity contribution in [2.75, 3.05) is 4.90 Å². The van der Waals surface area contributed by atoms with E-state index < -0.39 is 22.8 Å². The third kappa shape index (κ3) is 2.87. The molecule has 3 rings (SSSR count). The van der Waals surface area contributed by atoms with Gasteiger partial charge in [0.25, 0.3) is 0 Å². The average Bonchev–Trinajstić information content (AvgIpc) is 2.87. The molecule has 8 heteroatoms. The quantitative estimate of drug-likeness (QED) is 0.447. The summed E-state index contributed by atoms with van der Waals surface area (Å²) in [5, 5.41) is -0.774. The number of anilines is 1. The smallest absolute Gasteiger partial charge is 0.359 e. The highest BCUT2D eigenvalue weighted by Gasteiger charge is 2.32. The van der Waals surface area contributed by atoms with Crippen molar-refractivity contribution >= 4 is 28.6 Å². The van der Waals surface area contributed by atoms with E-state index in [0.717, 1.165) is 0 Å². The first kappa shape index (κ1) is 16.4. The minimum absolute atomic E-state index is 0.00658. The van der Waals surface area contributed by atoms with Crippen LogP contribution in [0.5, 0.6) is 0 Å². The third-order valence-corrected chi connectivity index (χ3v) is 3.67. The van der Waals surface area contributed by atoms with Crippen LogP contribution in [0.15, 0.2) is 24.5 Å². The summed E-state index contributed by atoms with van der Waals surface area (Å²) in [6.07, 6.45) is 1.45. The van der Waals surface area contributed by atoms with Gasteiger partial charge >= 0.3 is 11.3 Å². The Kier molecular flexibility index (Phi) is 3.83. The number of esters is 1. The number of imidazole rings is 1. The Morgan fingerprint density at radius 3 is 2.62 bits per heavy atom. The molecule has 0 aliphatic carbocycles. The van der Waals surface area contributed by atoms with Gasteiger partial charge in [-0.3, -0.25) is 14.3 Å². The molecule has 0 N–H and O–H groups in total. The normalized spacial score (nSPS) is 13.3. The number of amides is 1. The number of carbonyl (C=O) groups excluding carboxylic acids is 2. The molecule has 2 heterocycles. The molecule has 0 saturated heterocycles. The van der Waals surface area contributed by atoms with Gasteiger partial charge in [0.2, 0.25) is 0 Å². The second kappa shape index (κ2) is 5.59. The Labute approximate surface area is 142 Å². The van der Waals surface area contributed by atoms with Crippen molar-refractivity contribution < 1.29 is 18.7 Å². The molecule has 0 unspecified atom stereocenters. The van der Waals surface area contributed by atoms with Crippen LogP contribution >= 0.6 is 11.6 Å². The highest BCUT2D eigenvalue weighted by atomic mass is 35.5. The van der Waals surface area contributed by atoms with Gasteiger partial charge in [-0.15, -0.1) is 0 Å². The van der Waals surface area contributed by atoms with Crippen molar-refractivity contribution in [1.29, 1.82) is 0 Å². The molecule has 0 spiro atoms. The topological polar surface area (TPSA) is 64.4 Å². The Bertz CT molecular complexity index is 842. The summed E-state index contributed by atoms with van der Waals surface area (Å²) in [6, 6.07) is 3.98. The molecule has 0 bridgehead atoms. The van der Waals surface area contributed by atoms with Crippen molar-refractivity contribution in [3.63, 3.8) is 0 Å². The van der Waals surface area contributed by atoms with Gasteiger partial charge in [-0.05, 0) is 50.6 Å². The summed E-state index contributed by atoms with van der Waals surface area (Å²) in [6.45, 7) is 5.24. The maximum absolute atomic E-state index is 13.5. The summed E-state index contributed by atoms with van der Waals surface area (Å²) in [4.78, 5) is 29.4. The minimum Gasteiger partial charge on any atom is -0.455 e. The van der Waals surface area contributed by atoms with Crippen molar-refractivity contribution in [3.05, 3.63) is 41.7 Å². The molecular formula is C16H15ClFN3O3. The van der Waals surface area contributed by atoms with Crippen LogP contribution in [-0.4, -0.2) is 26.5 Å². The van der Waals surface area contributed by atoms with Gasteiger partial charge in [-0.25, -0.2) is 14.2 Å². The SMILES string of the molecule is CC(C)(C)OC(=O)c1ncn2c1CN(C(=O)Cl)c1cc(F)ccc1-2. The first-order chi connectivity index (χ1) is 11.2. The molecule has 0 atom stereocenters. The van der Waals surface area contributed by atoms with Gasteiger partial charge in [0, 0.05) is 0 Å². The molecule has 24 heavy (non-hydrogen) atoms. The maximum Gasteiger partial charge on any atom is 0.359 e. The summed E-state index contributed by atoms with van der Waals surface area (Å²) < 4.78 is 20.5. The van der Waals surface area contributed by atoms with E-state index in [2.05, 4.69) is 4.98 Å². The summed E-state index contributed by atoms with van der Waals surface area (Å²) in [5.74, 6) is -1.09. The number of fused-ring (bicyclic) bond motifs is 3. The van der Waals surface area contributed by atoms with Crippen LogP contribution in [0.1, 0.15) is 37.0 Å². The maximum atomic E-state index is 13.5. The van der Waals surface area contributed by atoms with E-state index in [9.17, 15) is 14.0 Å². The Hall–Kier alpha value is -2.41. The van der Waals surface area contributed by atoms with Crippen LogP contribution < -0.4 is 4.90 Å². The molecule has 1 aliphatic rings. The lowest BCUT2D eigenvalue weighted by molar-refractivity contribution is 0.00620. The van der Waals surface area contributed by atoms with E-state index in [4.69, 9.17) is 16.3 Å². The van der Waals surface area contributed by atoms with Crippen LogP contribution in [0.3, 0.4) is 0 Å². The second-order valence-electron chi connectivity index (χ2n) is 6.38. The van der Waals surface area contributed by atoms with E-state index in [-0.39, 0.29) is 12.2 Å². The zero-order valence-electron chi connectivity index (χ0n) is 13.3. The van der Waals surface area contributed by atoms with Gasteiger partial charge in [0.15, 0.2) is 5.69 Å². The second-order valence-corrected chi connectivity index (χ2v) is 6.71. The highest BCUT2D eigenvalue weighted by molar-refractivity contribution is 6.66. The first-order valence-electron chi connectivity index (χ1n) is 7.24. The summed E-state index contributed by atoms with van der Waals surface area (Å²) in [5.41, 5.74) is 0.704. The zero-order chi connectivity index (χ0) is 17.6. The number of hydrogen-bond donors (Lipinski definition) is 0. The lowest BCUT2D eigenvalue weighted by Crippen LogP contribution is -2.33. The monoisotopic (exact) mass is 351 g/mol. The van der Waals surface area contributed by atoms with Crippen molar-refractivity contribution in [2.45, 2.75) is 32.9 Å². The van der Waals surface area contributed by atoms with Gasteiger partial charge in [-0.2, -0.15) is 0 Å². The van der Waals surface area contributed by atoms with E-state index >= 15 is 0 Å². The lowest BCUT2D eigenvalue weighted by atomic mass is 10.1. The zero-order valence-corrected chi connectivity index (χ0v) is 14.1. The Morgan fingerprint density at radius 2 is 2.00 bits per heavy atom. The molecule has 1 amide bonds. The number of ether oxygens (including phenoxy) is 1. The standard InChI is InChI=1S/C16H15ClFN3O3/c1-16(2,3)24-14(22)13-12-7-20(15(17)23)11-6-9(18)4-5-10(11)21(12)8-19-13/h4-6,8H,7H2,1-3H3. The van der Waals surface area contributed by atoms with E-state index in [1.165, 1.54) is 29.4 Å². The van der Waals surface area contributed by atoms with Gasteiger partial charge in [0.1, 0.15) is 17.7 Å². The molecule has 0 fully saturated rings. The molecule has 1 aliphatic heterocycles. The van der Waals surface area contributed by atoms with Crippen molar-refractivity contribution in [2.24, 2.45) is 0 Å². The van der Waals surface area contributed by atoms with E-state index in [1.807, 2.05) is 0 Å². The van der Waals surface area contributed by atoms with Gasteiger partial charge in [0.05, 0.1) is 23.6 Å². The number of nitrogens with zero attached hydrogens (tertiary/aromatic N) is 3. The number of rotatable bonds is 1. The predicted octanol–water partition coefficient (Wildman–Crippen LogP) is 3.65. The number of benzene rings is 1. The van der Waals surface area contributed by atoms with Crippen LogP contribution in [0.25, 0.3) is 5.69 Å². The van der Waals surface area contributed by atoms with Gasteiger partial charge in [-0.1, -0.05) is 0 Å². The fraction of sp³-hybridized carbons (Fsp3) is 0.312. The number of aromatic nitrogens is 2. The van der Waals surface area contributed by atoms with Crippen LogP contribution in [0, 0.1) is 5.82 Å². The van der Waals surface area contributed by atoms with Crippen molar-refractivity contribution in [3.8, 4) is 5.69 Å². The number of carbonyl (C=O) groups is 2. The Balaban J connectivity index is 2.10. The summed E-state index contributed by atoms with van der Waals surface area (Å²) in [7, 11) is 0. The highest BCUT2D eigenvalue weighted by Crippen LogP contribution is 2.35. The fourth-order valence-electron chi connectivity index (χ4n) is 2.54. The number of hydrogen-bond acceptors (Lipinski definition) is 4. The van der Waals surface area contributed by atoms with Gasteiger partial charge < -0.3 is 4.74 Å². The van der Waals surface area contributed by atoms with Crippen LogP contribution in [0.4, 0.5) is 14.9 Å². The molecule has 1 aromatic carbocycles. The first-order valence-corrected chi connectivity index (χ1v) is 7.61. The number of halogens is 2. The lowest BCUT2D eigenvalue weighted by Gasteiger charge is -2.29. The summed E-state index contributed by atoms with van der Waals surface area (Å²) >= 11 is 5.63. The molecular weight excluding hydrogens is 337 g/mol. The van der Waals surface area contributed by atoms with E-state index in [0.29, 0.717) is 17.1 Å². The largest absolute Gasteiger partial charge is 0.455 e. The molecule has 126 valence electrons. The Morgan fingerprint density at radius 1 is 1.29 bits per heavy atom. The molecule has 0 saturated carbocycles. The molecule has 6 nitrogen and oxygen atoms in total. The van der Waals surface area contributed by atoms with Crippen molar-refractivity contribution in [1.82, 2.24) is 9.55 Å². The fourth-order valence-corrected chi connectivity index (χ4v) is 2.69. The molecule has 0 radical (unpaired) electrons. The third-order valence-electron chi connectivity index (χ3n) is 3.47. The predicted molar refractivity (Wildman–Crippen MR) is 86.1 cm³/mol. The molecule has 1 aromatic heterocycles. The van der Waals surface area contributed by atoms with Crippen LogP contribution in [0.2, 0.25) is 0 Å². The average molecular weight is 352 g/mol. The minimum atomic E-state index is -0.774. The molecule has 2 aromatic rings. The van der Waals surface area contributed by atoms with Crippen LogP contribution in [-0.2, 0) is 11.3 Å². The van der Waals surface area contributed by atoms with E-state index in [1.54, 1.807) is 25.3 Å².